The molecule has 1 aromatic rings. The zero-order valence-electron chi connectivity index (χ0n) is 8.49. The van der Waals surface area contributed by atoms with Gasteiger partial charge < -0.3 is 5.32 Å². The zero-order chi connectivity index (χ0) is 10.8. The molecule has 0 radical (unpaired) electrons. The van der Waals surface area contributed by atoms with Crippen LogP contribution in [0, 0.1) is 0 Å². The highest BCUT2D eigenvalue weighted by Crippen LogP contribution is 2.21. The number of imide groups is 1. The fourth-order valence-corrected chi connectivity index (χ4v) is 1.67. The van der Waals surface area contributed by atoms with Gasteiger partial charge in [-0.3, -0.25) is 9.69 Å². The molecular weight excluding hydrogens is 192 g/mol. The zero-order valence-corrected chi connectivity index (χ0v) is 8.49. The predicted molar refractivity (Wildman–Crippen MR) is 55.4 cm³/mol. The molecule has 4 heteroatoms. The fourth-order valence-electron chi connectivity index (χ4n) is 1.67. The molecule has 78 valence electrons. The number of amides is 3. The molecule has 0 unspecified atom stereocenters. The Kier molecular flexibility index (Phi) is 2.41. The number of fused-ring (bicyclic) bond motifs is 1. The van der Waals surface area contributed by atoms with Crippen molar-refractivity contribution in [1.82, 2.24) is 10.2 Å². The van der Waals surface area contributed by atoms with E-state index in [4.69, 9.17) is 0 Å². The van der Waals surface area contributed by atoms with Gasteiger partial charge in [0, 0.05) is 12.1 Å². The Labute approximate surface area is 87.9 Å². The first-order valence-corrected chi connectivity index (χ1v) is 4.91. The van der Waals surface area contributed by atoms with Crippen molar-refractivity contribution in [3.63, 3.8) is 0 Å². The SMILES string of the molecule is CCNC(=O)N1Cc2ccccc2C1=O. The number of benzene rings is 1. The maximum absolute atomic E-state index is 11.8. The smallest absolute Gasteiger partial charge is 0.324 e. The minimum absolute atomic E-state index is 0.212. The van der Waals surface area contributed by atoms with Gasteiger partial charge in [0.2, 0.25) is 0 Å². The number of carbonyl (C=O) groups excluding carboxylic acids is 2. The molecule has 0 saturated heterocycles. The van der Waals surface area contributed by atoms with E-state index in [0.29, 0.717) is 18.7 Å². The van der Waals surface area contributed by atoms with E-state index in [-0.39, 0.29) is 11.9 Å². The lowest BCUT2D eigenvalue weighted by atomic mass is 10.1. The van der Waals surface area contributed by atoms with Crippen LogP contribution in [0.2, 0.25) is 0 Å². The van der Waals surface area contributed by atoms with Crippen molar-refractivity contribution in [1.29, 1.82) is 0 Å². The Hall–Kier alpha value is -1.84. The first-order chi connectivity index (χ1) is 7.24. The van der Waals surface area contributed by atoms with E-state index in [2.05, 4.69) is 5.32 Å². The molecule has 15 heavy (non-hydrogen) atoms. The highest BCUT2D eigenvalue weighted by atomic mass is 16.2. The topological polar surface area (TPSA) is 49.4 Å². The van der Waals surface area contributed by atoms with E-state index in [1.807, 2.05) is 19.1 Å². The molecule has 0 saturated carbocycles. The molecular formula is C11H12N2O2. The average molecular weight is 204 g/mol. The van der Waals surface area contributed by atoms with Crippen LogP contribution in [0.3, 0.4) is 0 Å². The van der Waals surface area contributed by atoms with Crippen LogP contribution >= 0.6 is 0 Å². The molecule has 0 fully saturated rings. The lowest BCUT2D eigenvalue weighted by Gasteiger charge is -2.13. The van der Waals surface area contributed by atoms with Crippen LogP contribution in [0.25, 0.3) is 0 Å². The number of nitrogens with zero attached hydrogens (tertiary/aromatic N) is 1. The van der Waals surface area contributed by atoms with Crippen molar-refractivity contribution in [2.45, 2.75) is 13.5 Å². The number of hydrogen-bond acceptors (Lipinski definition) is 2. The summed E-state index contributed by atoms with van der Waals surface area (Å²) < 4.78 is 0. The van der Waals surface area contributed by atoms with Gasteiger partial charge in [0.25, 0.3) is 5.91 Å². The molecule has 0 aliphatic carbocycles. The maximum Gasteiger partial charge on any atom is 0.324 e. The van der Waals surface area contributed by atoms with E-state index in [9.17, 15) is 9.59 Å². The largest absolute Gasteiger partial charge is 0.338 e. The Morgan fingerprint density at radius 2 is 2.20 bits per heavy atom. The summed E-state index contributed by atoms with van der Waals surface area (Å²) in [5.41, 5.74) is 1.54. The quantitative estimate of drug-likeness (QED) is 0.751. The van der Waals surface area contributed by atoms with Gasteiger partial charge in [-0.1, -0.05) is 18.2 Å². The summed E-state index contributed by atoms with van der Waals surface area (Å²) in [5, 5.41) is 2.62. The van der Waals surface area contributed by atoms with Gasteiger partial charge in [0.1, 0.15) is 0 Å². The molecule has 1 aliphatic heterocycles. The van der Waals surface area contributed by atoms with Crippen LogP contribution in [0.5, 0.6) is 0 Å². The molecule has 2 rings (SSSR count). The summed E-state index contributed by atoms with van der Waals surface area (Å²) in [4.78, 5) is 24.5. The second kappa shape index (κ2) is 3.73. The summed E-state index contributed by atoms with van der Waals surface area (Å²) in [6, 6.07) is 6.97. The van der Waals surface area contributed by atoms with Crippen LogP contribution < -0.4 is 5.32 Å². The second-order valence-corrected chi connectivity index (χ2v) is 3.38. The molecule has 0 atom stereocenters. The third-order valence-electron chi connectivity index (χ3n) is 2.39. The fraction of sp³-hybridized carbons (Fsp3) is 0.273. The summed E-state index contributed by atoms with van der Waals surface area (Å²) in [6.45, 7) is 2.73. The van der Waals surface area contributed by atoms with Gasteiger partial charge >= 0.3 is 6.03 Å². The molecule has 1 aliphatic rings. The second-order valence-electron chi connectivity index (χ2n) is 3.38. The Bertz CT molecular complexity index is 415. The molecule has 3 amide bonds. The van der Waals surface area contributed by atoms with Crippen molar-refractivity contribution < 1.29 is 9.59 Å². The Balaban J connectivity index is 2.24. The predicted octanol–water partition coefficient (Wildman–Crippen LogP) is 1.37. The first-order valence-electron chi connectivity index (χ1n) is 4.91. The van der Waals surface area contributed by atoms with Gasteiger partial charge in [-0.25, -0.2) is 4.79 Å². The molecule has 1 heterocycles. The van der Waals surface area contributed by atoms with Crippen molar-refractivity contribution >= 4 is 11.9 Å². The van der Waals surface area contributed by atoms with Gasteiger partial charge in [-0.05, 0) is 18.6 Å². The van der Waals surface area contributed by atoms with Gasteiger partial charge in [0.15, 0.2) is 0 Å². The van der Waals surface area contributed by atoms with E-state index in [1.54, 1.807) is 12.1 Å². The highest BCUT2D eigenvalue weighted by molar-refractivity contribution is 6.07. The van der Waals surface area contributed by atoms with E-state index < -0.39 is 0 Å². The standard InChI is InChI=1S/C11H12N2O2/c1-2-12-11(15)13-7-8-5-3-4-6-9(8)10(13)14/h3-6H,2,7H2,1H3,(H,12,15). The van der Waals surface area contributed by atoms with Crippen LogP contribution in [-0.2, 0) is 6.54 Å². The molecule has 1 N–H and O–H groups in total. The number of urea groups is 1. The molecule has 4 nitrogen and oxygen atoms in total. The summed E-state index contributed by atoms with van der Waals surface area (Å²) in [6.07, 6.45) is 0. The van der Waals surface area contributed by atoms with Crippen LogP contribution in [0.4, 0.5) is 4.79 Å². The maximum atomic E-state index is 11.8. The van der Waals surface area contributed by atoms with Crippen molar-refractivity contribution in [2.24, 2.45) is 0 Å². The first kappa shape index (κ1) is 9.71. The van der Waals surface area contributed by atoms with Gasteiger partial charge in [0.05, 0.1) is 6.54 Å². The lowest BCUT2D eigenvalue weighted by molar-refractivity contribution is 0.0821. The van der Waals surface area contributed by atoms with Crippen LogP contribution in [0.1, 0.15) is 22.8 Å². The Morgan fingerprint density at radius 3 is 2.87 bits per heavy atom. The number of nitrogens with one attached hydrogen (secondary N) is 1. The molecule has 0 bridgehead atoms. The van der Waals surface area contributed by atoms with E-state index in [0.717, 1.165) is 5.56 Å². The number of hydrogen-bond donors (Lipinski definition) is 1. The monoisotopic (exact) mass is 204 g/mol. The molecule has 1 aromatic carbocycles. The third kappa shape index (κ3) is 1.58. The Morgan fingerprint density at radius 1 is 1.47 bits per heavy atom. The van der Waals surface area contributed by atoms with E-state index in [1.165, 1.54) is 4.90 Å². The van der Waals surface area contributed by atoms with Crippen LogP contribution in [-0.4, -0.2) is 23.4 Å². The normalized spacial score (nSPS) is 13.9. The van der Waals surface area contributed by atoms with E-state index >= 15 is 0 Å². The average Bonchev–Trinajstić information content (AvgIpc) is 2.57. The number of rotatable bonds is 1. The van der Waals surface area contributed by atoms with Crippen molar-refractivity contribution in [3.05, 3.63) is 35.4 Å². The number of carbonyl (C=O) groups is 2. The van der Waals surface area contributed by atoms with Crippen molar-refractivity contribution in [2.75, 3.05) is 6.54 Å². The molecule has 0 aromatic heterocycles. The van der Waals surface area contributed by atoms with Crippen molar-refractivity contribution in [3.8, 4) is 0 Å². The summed E-state index contributed by atoms with van der Waals surface area (Å²) >= 11 is 0. The molecule has 0 spiro atoms. The summed E-state index contributed by atoms with van der Waals surface area (Å²) in [7, 11) is 0. The lowest BCUT2D eigenvalue weighted by Crippen LogP contribution is -2.39. The third-order valence-corrected chi connectivity index (χ3v) is 2.39. The minimum Gasteiger partial charge on any atom is -0.338 e. The van der Waals surface area contributed by atoms with Crippen LogP contribution in [0.15, 0.2) is 24.3 Å². The van der Waals surface area contributed by atoms with Gasteiger partial charge in [-0.15, -0.1) is 0 Å². The minimum atomic E-state index is -0.321. The summed E-state index contributed by atoms with van der Waals surface area (Å²) in [5.74, 6) is -0.212. The highest BCUT2D eigenvalue weighted by Gasteiger charge is 2.30. The van der Waals surface area contributed by atoms with Gasteiger partial charge in [-0.2, -0.15) is 0 Å².